The molecule has 0 radical (unpaired) electrons. The van der Waals surface area contributed by atoms with E-state index in [1.54, 1.807) is 0 Å². The number of carboxylic acids is 2. The van der Waals surface area contributed by atoms with E-state index in [1.165, 1.54) is 11.1 Å². The van der Waals surface area contributed by atoms with Gasteiger partial charge in [-0.3, -0.25) is 9.59 Å². The predicted molar refractivity (Wildman–Crippen MR) is 135 cm³/mol. The van der Waals surface area contributed by atoms with Crippen molar-refractivity contribution >= 4 is 11.9 Å². The van der Waals surface area contributed by atoms with Gasteiger partial charge in [-0.1, -0.05) is 51.5 Å². The van der Waals surface area contributed by atoms with Crippen LogP contribution in [0.2, 0.25) is 0 Å². The van der Waals surface area contributed by atoms with Gasteiger partial charge in [-0.15, -0.1) is 0 Å². The Morgan fingerprint density at radius 2 is 1.68 bits per heavy atom. The maximum Gasteiger partial charge on any atom is 0.309 e. The molecule has 8 atom stereocenters. The SMILES string of the molecule is C=C(C)C1CC[C@]2(C)[C@H](CC=C3[C@@H]4C[C@@](C)(C(=O)O)CC[C@]4(C)CC[C@]32C)[C@@]1(C)CCC(=O)O. The Kier molecular flexibility index (Phi) is 5.98. The average Bonchev–Trinajstić information content (AvgIpc) is 2.74. The van der Waals surface area contributed by atoms with Crippen LogP contribution in [0.3, 0.4) is 0 Å². The van der Waals surface area contributed by atoms with Crippen LogP contribution in [-0.4, -0.2) is 22.2 Å². The maximum absolute atomic E-state index is 12.2. The first-order valence-electron chi connectivity index (χ1n) is 13.4. The summed E-state index contributed by atoms with van der Waals surface area (Å²) in [7, 11) is 0. The van der Waals surface area contributed by atoms with E-state index in [0.29, 0.717) is 24.2 Å². The summed E-state index contributed by atoms with van der Waals surface area (Å²) in [5.41, 5.74) is 2.28. The largest absolute Gasteiger partial charge is 0.481 e. The first-order valence-corrected chi connectivity index (χ1v) is 13.4. The Hall–Kier alpha value is -1.58. The molecule has 0 aromatic heterocycles. The molecule has 3 fully saturated rings. The minimum absolute atomic E-state index is 0.0291. The Morgan fingerprint density at radius 3 is 2.26 bits per heavy atom. The monoisotopic (exact) mass is 470 g/mol. The standard InChI is InChI=1S/C30H46O4/c1-19(2)20-10-13-30(7)23(28(20,5)12-11-24(31)32)9-8-21-22-18-27(4,25(33)34)15-14-26(22,3)16-17-29(21,30)6/h8,20,22-23H,1,9-18H2,2-7H3,(H,31,32)(H,33,34)/t20?,22-,23+,26+,27-,28-,29+,30+/m0/s1. The third-order valence-electron chi connectivity index (χ3n) is 12.1. The lowest BCUT2D eigenvalue weighted by molar-refractivity contribution is -0.161. The molecule has 190 valence electrons. The number of aliphatic carboxylic acids is 2. The van der Waals surface area contributed by atoms with Gasteiger partial charge in [0.2, 0.25) is 0 Å². The van der Waals surface area contributed by atoms with Crippen molar-refractivity contribution < 1.29 is 19.8 Å². The molecule has 4 rings (SSSR count). The molecular formula is C30H46O4. The molecule has 0 aliphatic heterocycles. The van der Waals surface area contributed by atoms with E-state index in [2.05, 4.69) is 47.3 Å². The molecule has 34 heavy (non-hydrogen) atoms. The molecular weight excluding hydrogens is 424 g/mol. The van der Waals surface area contributed by atoms with E-state index in [1.807, 2.05) is 6.92 Å². The molecule has 0 spiro atoms. The van der Waals surface area contributed by atoms with Crippen LogP contribution < -0.4 is 0 Å². The van der Waals surface area contributed by atoms with Gasteiger partial charge in [0.15, 0.2) is 0 Å². The predicted octanol–water partition coefficient (Wildman–Crippen LogP) is 7.49. The van der Waals surface area contributed by atoms with E-state index in [-0.39, 0.29) is 28.1 Å². The number of hydrogen-bond acceptors (Lipinski definition) is 2. The zero-order chi connectivity index (χ0) is 25.3. The van der Waals surface area contributed by atoms with E-state index in [0.717, 1.165) is 51.4 Å². The van der Waals surface area contributed by atoms with Crippen molar-refractivity contribution in [1.82, 2.24) is 0 Å². The Morgan fingerprint density at radius 1 is 1.03 bits per heavy atom. The number of fused-ring (bicyclic) bond motifs is 5. The van der Waals surface area contributed by atoms with Gasteiger partial charge in [0.05, 0.1) is 5.41 Å². The van der Waals surface area contributed by atoms with Gasteiger partial charge < -0.3 is 10.2 Å². The van der Waals surface area contributed by atoms with Crippen LogP contribution in [0.5, 0.6) is 0 Å². The lowest BCUT2D eigenvalue weighted by Crippen LogP contribution is -2.61. The normalized spacial score (nSPS) is 48.1. The molecule has 1 unspecified atom stereocenters. The quantitative estimate of drug-likeness (QED) is 0.408. The summed E-state index contributed by atoms with van der Waals surface area (Å²) in [5.74, 6) is -0.283. The summed E-state index contributed by atoms with van der Waals surface area (Å²) < 4.78 is 0. The number of rotatable bonds is 5. The fourth-order valence-corrected chi connectivity index (χ4v) is 9.45. The van der Waals surface area contributed by atoms with Crippen molar-refractivity contribution in [1.29, 1.82) is 0 Å². The van der Waals surface area contributed by atoms with Crippen molar-refractivity contribution in [3.8, 4) is 0 Å². The lowest BCUT2D eigenvalue weighted by Gasteiger charge is -2.69. The van der Waals surface area contributed by atoms with Crippen LogP contribution >= 0.6 is 0 Å². The van der Waals surface area contributed by atoms with E-state index in [4.69, 9.17) is 0 Å². The lowest BCUT2D eigenvalue weighted by atomic mass is 9.35. The smallest absolute Gasteiger partial charge is 0.309 e. The summed E-state index contributed by atoms with van der Waals surface area (Å²) in [6.45, 7) is 18.1. The van der Waals surface area contributed by atoms with Crippen LogP contribution in [0.1, 0.15) is 106 Å². The highest BCUT2D eigenvalue weighted by Crippen LogP contribution is 2.74. The second kappa shape index (κ2) is 7.96. The second-order valence-electron chi connectivity index (χ2n) is 13.8. The van der Waals surface area contributed by atoms with Gasteiger partial charge >= 0.3 is 11.9 Å². The first-order chi connectivity index (χ1) is 15.6. The molecule has 0 aromatic carbocycles. The summed E-state index contributed by atoms with van der Waals surface area (Å²) in [6, 6.07) is 0. The zero-order valence-electron chi connectivity index (χ0n) is 22.3. The third-order valence-corrected chi connectivity index (χ3v) is 12.1. The molecule has 0 saturated heterocycles. The maximum atomic E-state index is 12.2. The van der Waals surface area contributed by atoms with Crippen LogP contribution in [0.15, 0.2) is 23.8 Å². The van der Waals surface area contributed by atoms with E-state index in [9.17, 15) is 19.8 Å². The molecule has 3 saturated carbocycles. The fourth-order valence-electron chi connectivity index (χ4n) is 9.45. The second-order valence-corrected chi connectivity index (χ2v) is 13.8. The molecule has 4 heteroatoms. The minimum atomic E-state index is -0.712. The van der Waals surface area contributed by atoms with Gasteiger partial charge in [0.1, 0.15) is 0 Å². The van der Waals surface area contributed by atoms with Gasteiger partial charge in [-0.25, -0.2) is 0 Å². The van der Waals surface area contributed by atoms with Crippen molar-refractivity contribution in [2.75, 3.05) is 0 Å². The van der Waals surface area contributed by atoms with Gasteiger partial charge in [0, 0.05) is 6.42 Å². The molecule has 4 aliphatic carbocycles. The van der Waals surface area contributed by atoms with Crippen LogP contribution in [0, 0.1) is 44.8 Å². The summed E-state index contributed by atoms with van der Waals surface area (Å²) in [4.78, 5) is 23.8. The van der Waals surface area contributed by atoms with Gasteiger partial charge in [-0.05, 0) is 111 Å². The average molecular weight is 471 g/mol. The van der Waals surface area contributed by atoms with Crippen LogP contribution in [-0.2, 0) is 9.59 Å². The van der Waals surface area contributed by atoms with Crippen molar-refractivity contribution in [3.05, 3.63) is 23.8 Å². The summed E-state index contributed by atoms with van der Waals surface area (Å²) in [5, 5.41) is 19.6. The van der Waals surface area contributed by atoms with Gasteiger partial charge in [0.25, 0.3) is 0 Å². The highest BCUT2D eigenvalue weighted by Gasteiger charge is 2.65. The first kappa shape index (κ1) is 25.5. The highest BCUT2D eigenvalue weighted by atomic mass is 16.4. The molecule has 0 bridgehead atoms. The van der Waals surface area contributed by atoms with Crippen LogP contribution in [0.25, 0.3) is 0 Å². The zero-order valence-corrected chi connectivity index (χ0v) is 22.3. The van der Waals surface area contributed by atoms with E-state index < -0.39 is 17.4 Å². The van der Waals surface area contributed by atoms with Crippen molar-refractivity contribution in [2.45, 2.75) is 106 Å². The number of allylic oxidation sites excluding steroid dienone is 3. The van der Waals surface area contributed by atoms with E-state index >= 15 is 0 Å². The molecule has 0 aromatic rings. The van der Waals surface area contributed by atoms with Gasteiger partial charge in [-0.2, -0.15) is 0 Å². The molecule has 4 nitrogen and oxygen atoms in total. The molecule has 4 aliphatic rings. The number of hydrogen-bond donors (Lipinski definition) is 2. The fraction of sp³-hybridized carbons (Fsp3) is 0.800. The molecule has 0 heterocycles. The molecule has 0 amide bonds. The minimum Gasteiger partial charge on any atom is -0.481 e. The Bertz CT molecular complexity index is 934. The highest BCUT2D eigenvalue weighted by molar-refractivity contribution is 5.74. The topological polar surface area (TPSA) is 74.6 Å². The summed E-state index contributed by atoms with van der Waals surface area (Å²) >= 11 is 0. The van der Waals surface area contributed by atoms with Crippen LogP contribution in [0.4, 0.5) is 0 Å². The van der Waals surface area contributed by atoms with Crippen molar-refractivity contribution in [2.24, 2.45) is 44.8 Å². The summed E-state index contributed by atoms with van der Waals surface area (Å²) in [6.07, 6.45) is 11.4. The third kappa shape index (κ3) is 3.45. The molecule has 2 N–H and O–H groups in total. The number of carboxylic acid groups (broad SMARTS) is 2. The Balaban J connectivity index is 1.79. The van der Waals surface area contributed by atoms with Crippen molar-refractivity contribution in [3.63, 3.8) is 0 Å². The Labute approximate surface area is 206 Å². The number of carbonyl (C=O) groups is 2.